The molecule has 1 heterocycles. The second kappa shape index (κ2) is 6.72. The Hall–Kier alpha value is -1.34. The molecule has 0 amide bonds. The molecule has 108 valence electrons. The van der Waals surface area contributed by atoms with E-state index in [0.29, 0.717) is 13.0 Å². The minimum absolute atomic E-state index is 0.143. The van der Waals surface area contributed by atoms with Crippen molar-refractivity contribution < 1.29 is 17.9 Å². The van der Waals surface area contributed by atoms with E-state index in [-0.39, 0.29) is 19.2 Å². The van der Waals surface area contributed by atoms with Crippen molar-refractivity contribution in [2.75, 3.05) is 13.2 Å². The molecule has 19 heavy (non-hydrogen) atoms. The molecule has 1 aromatic rings. The molecule has 1 aromatic heterocycles. The van der Waals surface area contributed by atoms with Crippen LogP contribution >= 0.6 is 0 Å². The quantitative estimate of drug-likeness (QED) is 0.860. The van der Waals surface area contributed by atoms with Crippen LogP contribution in [0.1, 0.15) is 18.9 Å². The summed E-state index contributed by atoms with van der Waals surface area (Å²) in [4.78, 5) is 11.5. The molecule has 0 bridgehead atoms. The van der Waals surface area contributed by atoms with E-state index in [1.807, 2.05) is 0 Å². The lowest BCUT2D eigenvalue weighted by Crippen LogP contribution is -2.28. The highest BCUT2D eigenvalue weighted by Gasteiger charge is 2.31. The molecule has 1 atom stereocenters. The van der Waals surface area contributed by atoms with Gasteiger partial charge in [0.25, 0.3) is 5.56 Å². The molecule has 0 radical (unpaired) electrons. The van der Waals surface area contributed by atoms with Gasteiger partial charge in [-0.15, -0.1) is 0 Å². The van der Waals surface area contributed by atoms with Crippen molar-refractivity contribution in [3.8, 4) is 0 Å². The van der Waals surface area contributed by atoms with Crippen LogP contribution in [0.2, 0.25) is 0 Å². The van der Waals surface area contributed by atoms with E-state index in [1.165, 1.54) is 0 Å². The van der Waals surface area contributed by atoms with Crippen molar-refractivity contribution in [2.24, 2.45) is 5.73 Å². The Bertz CT molecular complexity index is 457. The molecule has 4 nitrogen and oxygen atoms in total. The van der Waals surface area contributed by atoms with Gasteiger partial charge in [0.05, 0.1) is 11.7 Å². The summed E-state index contributed by atoms with van der Waals surface area (Å²) < 4.78 is 43.9. The van der Waals surface area contributed by atoms with Gasteiger partial charge in [0.1, 0.15) is 0 Å². The fourth-order valence-electron chi connectivity index (χ4n) is 1.66. The Morgan fingerprint density at radius 2 is 2.11 bits per heavy atom. The molecular formula is C12H17F3N2O2. The summed E-state index contributed by atoms with van der Waals surface area (Å²) in [6, 6.07) is 1.70. The highest BCUT2D eigenvalue weighted by Crippen LogP contribution is 2.28. The summed E-state index contributed by atoms with van der Waals surface area (Å²) in [7, 11) is 0. The van der Waals surface area contributed by atoms with Gasteiger partial charge in [0.15, 0.2) is 0 Å². The topological polar surface area (TPSA) is 57.2 Å². The van der Waals surface area contributed by atoms with Crippen LogP contribution in [0.3, 0.4) is 0 Å². The second-order valence-electron chi connectivity index (χ2n) is 4.05. The second-order valence-corrected chi connectivity index (χ2v) is 4.05. The molecule has 0 spiro atoms. The summed E-state index contributed by atoms with van der Waals surface area (Å²) in [6.07, 6.45) is -3.50. The smallest absolute Gasteiger partial charge is 0.377 e. The zero-order valence-corrected chi connectivity index (χ0v) is 10.6. The van der Waals surface area contributed by atoms with E-state index >= 15 is 0 Å². The van der Waals surface area contributed by atoms with Crippen molar-refractivity contribution in [3.63, 3.8) is 0 Å². The van der Waals surface area contributed by atoms with Crippen LogP contribution < -0.4 is 11.3 Å². The van der Waals surface area contributed by atoms with Crippen LogP contribution in [0.15, 0.2) is 23.1 Å². The fourth-order valence-corrected chi connectivity index (χ4v) is 1.66. The van der Waals surface area contributed by atoms with Crippen LogP contribution in [0.5, 0.6) is 0 Å². The van der Waals surface area contributed by atoms with Gasteiger partial charge < -0.3 is 15.0 Å². The largest absolute Gasteiger partial charge is 0.417 e. The highest BCUT2D eigenvalue weighted by atomic mass is 19.4. The van der Waals surface area contributed by atoms with Crippen LogP contribution in [0.25, 0.3) is 0 Å². The van der Waals surface area contributed by atoms with Crippen molar-refractivity contribution in [2.45, 2.75) is 32.2 Å². The maximum Gasteiger partial charge on any atom is 0.417 e. The predicted octanol–water partition coefficient (Wildman–Crippen LogP) is 1.62. The molecule has 1 unspecified atom stereocenters. The maximum absolute atomic E-state index is 12.5. The summed E-state index contributed by atoms with van der Waals surface area (Å²) in [5.74, 6) is 0. The molecule has 0 saturated carbocycles. The van der Waals surface area contributed by atoms with Crippen molar-refractivity contribution in [3.05, 3.63) is 34.2 Å². The summed E-state index contributed by atoms with van der Waals surface area (Å²) in [5, 5.41) is 0. The van der Waals surface area contributed by atoms with Crippen LogP contribution in [-0.2, 0) is 17.5 Å². The maximum atomic E-state index is 12.5. The Morgan fingerprint density at radius 1 is 1.42 bits per heavy atom. The first kappa shape index (κ1) is 15.7. The Balaban J connectivity index is 2.80. The third kappa shape index (κ3) is 4.68. The molecule has 0 fully saturated rings. The Kier molecular flexibility index (Phi) is 5.56. The average molecular weight is 278 g/mol. The Labute approximate surface area is 109 Å². The molecule has 7 heteroatoms. The number of halogens is 3. The van der Waals surface area contributed by atoms with Crippen LogP contribution in [-0.4, -0.2) is 23.8 Å². The first-order chi connectivity index (χ1) is 8.88. The lowest BCUT2D eigenvalue weighted by atomic mass is 10.2. The van der Waals surface area contributed by atoms with Crippen molar-refractivity contribution >= 4 is 0 Å². The summed E-state index contributed by atoms with van der Waals surface area (Å²) >= 11 is 0. The van der Waals surface area contributed by atoms with Gasteiger partial charge in [-0.05, 0) is 19.4 Å². The van der Waals surface area contributed by atoms with Gasteiger partial charge in [-0.3, -0.25) is 4.79 Å². The van der Waals surface area contributed by atoms with Crippen LogP contribution in [0.4, 0.5) is 13.2 Å². The molecule has 0 saturated heterocycles. The molecule has 2 N–H and O–H groups in total. The van der Waals surface area contributed by atoms with Gasteiger partial charge in [-0.25, -0.2) is 0 Å². The van der Waals surface area contributed by atoms with E-state index in [4.69, 9.17) is 10.5 Å². The van der Waals surface area contributed by atoms with Crippen LogP contribution in [0, 0.1) is 0 Å². The van der Waals surface area contributed by atoms with E-state index in [0.717, 1.165) is 22.9 Å². The summed E-state index contributed by atoms with van der Waals surface area (Å²) in [6.45, 7) is 2.69. The Morgan fingerprint density at radius 3 is 2.63 bits per heavy atom. The van der Waals surface area contributed by atoms with Crippen molar-refractivity contribution in [1.82, 2.24) is 4.57 Å². The lowest BCUT2D eigenvalue weighted by Gasteiger charge is -2.16. The molecule has 0 aromatic carbocycles. The molecule has 0 aliphatic rings. The molecule has 0 aliphatic heterocycles. The SMILES string of the molecule is CCOC(CN)CCn1cc(C(F)(F)F)ccc1=O. The number of nitrogens with zero attached hydrogens (tertiary/aromatic N) is 1. The lowest BCUT2D eigenvalue weighted by molar-refractivity contribution is -0.138. The van der Waals surface area contributed by atoms with Gasteiger partial charge in [-0.2, -0.15) is 13.2 Å². The number of rotatable bonds is 6. The molecule has 0 aliphatic carbocycles. The number of aromatic nitrogens is 1. The minimum atomic E-state index is -4.46. The number of pyridine rings is 1. The number of hydrogen-bond acceptors (Lipinski definition) is 3. The van der Waals surface area contributed by atoms with Gasteiger partial charge in [-0.1, -0.05) is 0 Å². The number of alkyl halides is 3. The van der Waals surface area contributed by atoms with E-state index < -0.39 is 17.3 Å². The zero-order chi connectivity index (χ0) is 14.5. The van der Waals surface area contributed by atoms with E-state index in [1.54, 1.807) is 6.92 Å². The van der Waals surface area contributed by atoms with Gasteiger partial charge >= 0.3 is 6.18 Å². The molecular weight excluding hydrogens is 261 g/mol. The monoisotopic (exact) mass is 278 g/mol. The first-order valence-corrected chi connectivity index (χ1v) is 5.97. The molecule has 1 rings (SSSR count). The number of nitrogens with two attached hydrogens (primary N) is 1. The van der Waals surface area contributed by atoms with E-state index in [2.05, 4.69) is 0 Å². The summed E-state index contributed by atoms with van der Waals surface area (Å²) in [5.41, 5.74) is 4.16. The normalized spacial score (nSPS) is 13.5. The third-order valence-corrected chi connectivity index (χ3v) is 2.67. The first-order valence-electron chi connectivity index (χ1n) is 5.97. The minimum Gasteiger partial charge on any atom is -0.377 e. The third-order valence-electron chi connectivity index (χ3n) is 2.67. The van der Waals surface area contributed by atoms with E-state index in [9.17, 15) is 18.0 Å². The van der Waals surface area contributed by atoms with Crippen molar-refractivity contribution in [1.29, 1.82) is 0 Å². The average Bonchev–Trinajstić information content (AvgIpc) is 2.34. The predicted molar refractivity (Wildman–Crippen MR) is 64.8 cm³/mol. The highest BCUT2D eigenvalue weighted by molar-refractivity contribution is 5.13. The fraction of sp³-hybridized carbons (Fsp3) is 0.583. The zero-order valence-electron chi connectivity index (χ0n) is 10.6. The number of hydrogen-bond donors (Lipinski definition) is 1. The number of aryl methyl sites for hydroxylation is 1. The van der Waals surface area contributed by atoms with Gasteiger partial charge in [0.2, 0.25) is 0 Å². The standard InChI is InChI=1S/C12H17F3N2O2/c1-2-19-10(7-16)5-6-17-8-9(12(13,14)15)3-4-11(17)18/h3-4,8,10H,2,5-7,16H2,1H3. The van der Waals surface area contributed by atoms with Gasteiger partial charge in [0, 0.05) is 32.0 Å². The number of ether oxygens (including phenoxy) is 1.